The summed E-state index contributed by atoms with van der Waals surface area (Å²) in [7, 11) is -6.59. The minimum atomic E-state index is -3.74. The summed E-state index contributed by atoms with van der Waals surface area (Å²) < 4.78 is 51.0. The molecule has 4 aromatic carbocycles. The van der Waals surface area contributed by atoms with Gasteiger partial charge in [-0.2, -0.15) is 4.57 Å². The van der Waals surface area contributed by atoms with E-state index in [2.05, 4.69) is 53.1 Å². The third-order valence-electron chi connectivity index (χ3n) is 6.00. The van der Waals surface area contributed by atoms with Crippen LogP contribution in [0.1, 0.15) is 5.56 Å². The Labute approximate surface area is 230 Å². The topological polar surface area (TPSA) is 133 Å². The predicted molar refractivity (Wildman–Crippen MR) is 140 cm³/mol. The van der Waals surface area contributed by atoms with Crippen molar-refractivity contribution >= 4 is 10.0 Å². The molecule has 1 heterocycles. The standard InChI is InChI=1S/C30H25N2O2S.ClO3/c31-35(33,34)28-18-16-23(17-19-28)22-32-29(25-12-6-2-7-13-25)20-27(24-10-4-1-5-11-24)21-30(32)26-14-8-3-9-15-26;2-1(3)4/h1-21H,22H2,(H2,31,33,34);/q+1;-1. The van der Waals surface area contributed by atoms with Gasteiger partial charge in [-0.05, 0) is 47.5 Å². The van der Waals surface area contributed by atoms with Crippen LogP contribution < -0.4 is 23.7 Å². The van der Waals surface area contributed by atoms with Crippen LogP contribution >= 0.6 is 0 Å². The highest BCUT2D eigenvalue weighted by atomic mass is 35.6. The molecular formula is C30H25ClN2O5S. The number of nitrogens with zero attached hydrogens (tertiary/aromatic N) is 1. The monoisotopic (exact) mass is 560 g/mol. The van der Waals surface area contributed by atoms with Gasteiger partial charge in [0.25, 0.3) is 0 Å². The Morgan fingerprint density at radius 2 is 0.974 bits per heavy atom. The molecule has 0 atom stereocenters. The normalized spacial score (nSPS) is 11.1. The second kappa shape index (κ2) is 12.8. The van der Waals surface area contributed by atoms with Crippen LogP contribution in [0.15, 0.2) is 132 Å². The Morgan fingerprint density at radius 3 is 1.36 bits per heavy atom. The molecule has 0 bridgehead atoms. The van der Waals surface area contributed by atoms with Crippen LogP contribution in [0, 0.1) is 10.8 Å². The molecule has 0 radical (unpaired) electrons. The van der Waals surface area contributed by atoms with Crippen molar-refractivity contribution in [1.29, 1.82) is 0 Å². The van der Waals surface area contributed by atoms with E-state index in [1.54, 1.807) is 12.1 Å². The second-order valence-electron chi connectivity index (χ2n) is 8.58. The fourth-order valence-electron chi connectivity index (χ4n) is 4.25. The van der Waals surface area contributed by atoms with E-state index < -0.39 is 20.8 Å². The number of sulfonamides is 1. The van der Waals surface area contributed by atoms with Gasteiger partial charge in [-0.3, -0.25) is 0 Å². The summed E-state index contributed by atoms with van der Waals surface area (Å²) in [5, 5.41) is 5.30. The number of aromatic nitrogens is 1. The number of hydrogen-bond donors (Lipinski definition) is 1. The van der Waals surface area contributed by atoms with Crippen LogP contribution in [0.25, 0.3) is 33.6 Å². The van der Waals surface area contributed by atoms with Gasteiger partial charge < -0.3 is 14.0 Å². The van der Waals surface area contributed by atoms with Gasteiger partial charge in [-0.1, -0.05) is 78.9 Å². The molecule has 5 rings (SSSR count). The molecule has 7 nitrogen and oxygen atoms in total. The van der Waals surface area contributed by atoms with Gasteiger partial charge in [0.1, 0.15) is 0 Å². The molecule has 0 fully saturated rings. The molecule has 5 aromatic rings. The Bertz CT molecular complexity index is 1550. The summed E-state index contributed by atoms with van der Waals surface area (Å²) in [4.78, 5) is 0.109. The fourth-order valence-corrected chi connectivity index (χ4v) is 4.77. The van der Waals surface area contributed by atoms with E-state index in [0.29, 0.717) is 6.54 Å². The lowest BCUT2D eigenvalue weighted by atomic mass is 9.98. The van der Waals surface area contributed by atoms with Crippen molar-refractivity contribution in [3.05, 3.63) is 133 Å². The van der Waals surface area contributed by atoms with Crippen LogP contribution in [-0.4, -0.2) is 8.42 Å². The quantitative estimate of drug-likeness (QED) is 0.317. The highest BCUT2D eigenvalue weighted by Gasteiger charge is 2.23. The van der Waals surface area contributed by atoms with Crippen molar-refractivity contribution < 1.29 is 37.7 Å². The zero-order valence-electron chi connectivity index (χ0n) is 20.7. The Hall–Kier alpha value is -3.89. The maximum atomic E-state index is 11.7. The van der Waals surface area contributed by atoms with Crippen LogP contribution in [0.2, 0.25) is 0 Å². The first kappa shape index (κ1) is 28.1. The predicted octanol–water partition coefficient (Wildman–Crippen LogP) is 2.10. The zero-order valence-corrected chi connectivity index (χ0v) is 22.3. The third-order valence-corrected chi connectivity index (χ3v) is 6.93. The van der Waals surface area contributed by atoms with E-state index in [1.807, 2.05) is 66.7 Å². The number of primary sulfonamides is 1. The summed E-state index contributed by atoms with van der Waals surface area (Å²) in [6, 6.07) is 42.2. The zero-order chi connectivity index (χ0) is 27.8. The first-order valence-corrected chi connectivity index (χ1v) is 14.3. The van der Waals surface area contributed by atoms with Crippen molar-refractivity contribution in [2.45, 2.75) is 11.4 Å². The molecule has 0 saturated heterocycles. The van der Waals surface area contributed by atoms with Crippen LogP contribution in [0.5, 0.6) is 0 Å². The lowest BCUT2D eigenvalue weighted by Gasteiger charge is -2.13. The van der Waals surface area contributed by atoms with Crippen molar-refractivity contribution in [3.63, 3.8) is 0 Å². The van der Waals surface area contributed by atoms with Crippen molar-refractivity contribution in [2.75, 3.05) is 0 Å². The Balaban J connectivity index is 0.000000826. The summed E-state index contributed by atoms with van der Waals surface area (Å²) in [5.74, 6) is 0. The van der Waals surface area contributed by atoms with Crippen LogP contribution in [-0.2, 0) is 16.6 Å². The highest BCUT2D eigenvalue weighted by Crippen LogP contribution is 2.29. The van der Waals surface area contributed by atoms with Gasteiger partial charge >= 0.3 is 0 Å². The van der Waals surface area contributed by atoms with Crippen LogP contribution in [0.3, 0.4) is 0 Å². The number of nitrogens with two attached hydrogens (primary N) is 1. The average Bonchev–Trinajstić information content (AvgIpc) is 2.94. The summed E-state index contributed by atoms with van der Waals surface area (Å²) in [5.41, 5.74) is 7.59. The molecule has 1 aromatic heterocycles. The number of pyridine rings is 1. The molecule has 0 aliphatic heterocycles. The molecule has 9 heteroatoms. The number of benzene rings is 4. The molecular weight excluding hydrogens is 536 g/mol. The Kier molecular flexibility index (Phi) is 9.21. The van der Waals surface area contributed by atoms with Gasteiger partial charge in [0.05, 0.1) is 15.7 Å². The maximum Gasteiger partial charge on any atom is 0.238 e. The smallest absolute Gasteiger partial charge is 0.238 e. The maximum absolute atomic E-state index is 11.7. The number of rotatable bonds is 6. The molecule has 0 aliphatic rings. The molecule has 2 N–H and O–H groups in total. The van der Waals surface area contributed by atoms with Gasteiger partial charge in [0, 0.05) is 28.8 Å². The van der Waals surface area contributed by atoms with Crippen LogP contribution in [0.4, 0.5) is 0 Å². The van der Waals surface area contributed by atoms with Gasteiger partial charge in [-0.25, -0.2) is 13.6 Å². The van der Waals surface area contributed by atoms with E-state index in [9.17, 15) is 8.42 Å². The summed E-state index contributed by atoms with van der Waals surface area (Å²) in [6.45, 7) is 0.564. The van der Waals surface area contributed by atoms with Gasteiger partial charge in [0.15, 0.2) is 6.54 Å². The molecule has 0 spiro atoms. The lowest BCUT2D eigenvalue weighted by Crippen LogP contribution is -2.42. The SMILES string of the molecule is NS(=O)(=O)c1ccc(C[n+]2c(-c3ccccc3)cc(-c3ccccc3)cc2-c2ccccc2)cc1.[O-][Cl+2]([O-])[O-]. The van der Waals surface area contributed by atoms with E-state index in [4.69, 9.17) is 19.1 Å². The van der Waals surface area contributed by atoms with Crippen molar-refractivity contribution in [1.82, 2.24) is 0 Å². The molecule has 0 aliphatic carbocycles. The van der Waals surface area contributed by atoms with E-state index in [-0.39, 0.29) is 4.90 Å². The minimum Gasteiger partial charge on any atom is -0.357 e. The first-order valence-electron chi connectivity index (χ1n) is 11.8. The second-order valence-corrected chi connectivity index (χ2v) is 10.5. The first-order chi connectivity index (χ1) is 18.7. The molecule has 0 unspecified atom stereocenters. The summed E-state index contributed by atoms with van der Waals surface area (Å²) >= 11 is 0. The largest absolute Gasteiger partial charge is 0.357 e. The van der Waals surface area contributed by atoms with E-state index in [0.717, 1.165) is 39.2 Å². The summed E-state index contributed by atoms with van der Waals surface area (Å²) in [6.07, 6.45) is 0. The lowest BCUT2D eigenvalue weighted by molar-refractivity contribution is -1.73. The van der Waals surface area contributed by atoms with E-state index in [1.165, 1.54) is 0 Å². The number of hydrogen-bond acceptors (Lipinski definition) is 5. The minimum absolute atomic E-state index is 0.109. The Morgan fingerprint density at radius 1 is 0.590 bits per heavy atom. The van der Waals surface area contributed by atoms with Gasteiger partial charge in [-0.15, -0.1) is 0 Å². The molecule has 39 heavy (non-hydrogen) atoms. The van der Waals surface area contributed by atoms with Gasteiger partial charge in [0.2, 0.25) is 21.4 Å². The molecule has 0 saturated carbocycles. The number of halogens is 1. The van der Waals surface area contributed by atoms with Crippen molar-refractivity contribution in [2.24, 2.45) is 5.14 Å². The van der Waals surface area contributed by atoms with Crippen molar-refractivity contribution in [3.8, 4) is 33.6 Å². The average molecular weight is 561 g/mol. The molecule has 0 amide bonds. The third kappa shape index (κ3) is 7.58. The molecule has 198 valence electrons. The van der Waals surface area contributed by atoms with E-state index >= 15 is 0 Å². The highest BCUT2D eigenvalue weighted by molar-refractivity contribution is 7.89. The fraction of sp³-hybridized carbons (Fsp3) is 0.0333.